The number of rotatable bonds is 8. The number of hydrogen-bond donors (Lipinski definition) is 3. The molecule has 1 aliphatic rings. The molecule has 0 radical (unpaired) electrons. The number of amides is 2. The number of nitrogens with zero attached hydrogens (tertiary/aromatic N) is 1. The highest BCUT2D eigenvalue weighted by atomic mass is 16.5. The van der Waals surface area contributed by atoms with Crippen molar-refractivity contribution in [2.24, 2.45) is 0 Å². The third-order valence-corrected chi connectivity index (χ3v) is 4.25. The van der Waals surface area contributed by atoms with E-state index >= 15 is 0 Å². The summed E-state index contributed by atoms with van der Waals surface area (Å²) in [7, 11) is 1.57. The van der Waals surface area contributed by atoms with Gasteiger partial charge in [-0.2, -0.15) is 5.26 Å². The first kappa shape index (κ1) is 18.7. The van der Waals surface area contributed by atoms with Crippen LogP contribution in [0.1, 0.15) is 36.0 Å². The zero-order chi connectivity index (χ0) is 18.1. The highest BCUT2D eigenvalue weighted by Crippen LogP contribution is 2.28. The molecule has 7 heteroatoms. The lowest BCUT2D eigenvalue weighted by Crippen LogP contribution is -2.47. The number of benzene rings is 1. The van der Waals surface area contributed by atoms with Crippen molar-refractivity contribution >= 4 is 17.5 Å². The predicted molar refractivity (Wildman–Crippen MR) is 94.1 cm³/mol. The van der Waals surface area contributed by atoms with E-state index in [1.165, 1.54) is 0 Å². The zero-order valence-corrected chi connectivity index (χ0v) is 14.4. The Morgan fingerprint density at radius 3 is 2.68 bits per heavy atom. The molecule has 1 aromatic carbocycles. The first-order chi connectivity index (χ1) is 12.1. The average molecular weight is 344 g/mol. The van der Waals surface area contributed by atoms with Gasteiger partial charge in [0.15, 0.2) is 0 Å². The van der Waals surface area contributed by atoms with E-state index in [0.717, 1.165) is 12.8 Å². The second-order valence-corrected chi connectivity index (χ2v) is 6.10. The molecule has 0 saturated heterocycles. The normalized spacial score (nSPS) is 15.2. The van der Waals surface area contributed by atoms with E-state index in [1.54, 1.807) is 31.4 Å². The van der Waals surface area contributed by atoms with Crippen molar-refractivity contribution in [1.82, 2.24) is 10.6 Å². The molecule has 0 heterocycles. The van der Waals surface area contributed by atoms with Crippen LogP contribution in [0.3, 0.4) is 0 Å². The zero-order valence-electron chi connectivity index (χ0n) is 14.4. The summed E-state index contributed by atoms with van der Waals surface area (Å²) in [5.74, 6) is -0.483. The first-order valence-corrected chi connectivity index (χ1v) is 8.42. The van der Waals surface area contributed by atoms with Crippen LogP contribution in [0.2, 0.25) is 0 Å². The minimum Gasteiger partial charge on any atom is -0.383 e. The topological polar surface area (TPSA) is 103 Å². The monoisotopic (exact) mass is 344 g/mol. The number of nitriles is 1. The Labute approximate surface area is 147 Å². The van der Waals surface area contributed by atoms with E-state index in [2.05, 4.69) is 22.0 Å². The molecule has 3 N–H and O–H groups in total. The average Bonchev–Trinajstić information content (AvgIpc) is 3.09. The smallest absolute Gasteiger partial charge is 0.253 e. The molecule has 0 aliphatic heterocycles. The van der Waals surface area contributed by atoms with E-state index in [4.69, 9.17) is 4.74 Å². The van der Waals surface area contributed by atoms with Gasteiger partial charge in [-0.1, -0.05) is 12.1 Å². The lowest BCUT2D eigenvalue weighted by molar-refractivity contribution is -0.120. The fraction of sp³-hybridized carbons (Fsp3) is 0.500. The molecule has 7 nitrogen and oxygen atoms in total. The summed E-state index contributed by atoms with van der Waals surface area (Å²) >= 11 is 0. The Morgan fingerprint density at radius 2 is 2.00 bits per heavy atom. The number of carbonyl (C=O) groups is 2. The highest BCUT2D eigenvalue weighted by Gasteiger charge is 2.35. The lowest BCUT2D eigenvalue weighted by atomic mass is 10.00. The van der Waals surface area contributed by atoms with Crippen molar-refractivity contribution in [3.63, 3.8) is 0 Å². The second kappa shape index (κ2) is 9.04. The molecule has 0 spiro atoms. The summed E-state index contributed by atoms with van der Waals surface area (Å²) in [6.07, 6.45) is 3.28. The van der Waals surface area contributed by atoms with Crippen molar-refractivity contribution in [2.75, 3.05) is 32.1 Å². The lowest BCUT2D eigenvalue weighted by Gasteiger charge is -2.22. The summed E-state index contributed by atoms with van der Waals surface area (Å²) in [6.45, 7) is 0.848. The van der Waals surface area contributed by atoms with Gasteiger partial charge in [0.1, 0.15) is 5.54 Å². The van der Waals surface area contributed by atoms with E-state index in [-0.39, 0.29) is 18.4 Å². The van der Waals surface area contributed by atoms with Gasteiger partial charge in [0.05, 0.1) is 24.8 Å². The Hall–Kier alpha value is -2.59. The number of carbonyl (C=O) groups excluding carboxylic acids is 2. The van der Waals surface area contributed by atoms with Crippen LogP contribution in [0.5, 0.6) is 0 Å². The van der Waals surface area contributed by atoms with Crippen LogP contribution in [-0.4, -0.2) is 44.2 Å². The number of methoxy groups -OCH3 is 1. The molecule has 2 rings (SSSR count). The first-order valence-electron chi connectivity index (χ1n) is 8.42. The molecule has 1 saturated carbocycles. The Morgan fingerprint density at radius 1 is 1.28 bits per heavy atom. The van der Waals surface area contributed by atoms with Gasteiger partial charge < -0.3 is 20.7 Å². The maximum atomic E-state index is 12.2. The predicted octanol–water partition coefficient (Wildman–Crippen LogP) is 1.43. The fourth-order valence-corrected chi connectivity index (χ4v) is 2.93. The van der Waals surface area contributed by atoms with Gasteiger partial charge >= 0.3 is 0 Å². The van der Waals surface area contributed by atoms with Gasteiger partial charge in [-0.25, -0.2) is 0 Å². The Kier molecular flexibility index (Phi) is 6.78. The minimum absolute atomic E-state index is 0.00575. The van der Waals surface area contributed by atoms with Gasteiger partial charge in [-0.3, -0.25) is 9.59 Å². The maximum Gasteiger partial charge on any atom is 0.253 e. The van der Waals surface area contributed by atoms with Gasteiger partial charge in [-0.15, -0.1) is 0 Å². The maximum absolute atomic E-state index is 12.2. The molecular weight excluding hydrogens is 320 g/mol. The molecule has 134 valence electrons. The Balaban J connectivity index is 1.93. The molecule has 0 bridgehead atoms. The van der Waals surface area contributed by atoms with E-state index in [0.29, 0.717) is 37.2 Å². The number of para-hydroxylation sites is 1. The van der Waals surface area contributed by atoms with Crippen molar-refractivity contribution in [1.29, 1.82) is 5.26 Å². The van der Waals surface area contributed by atoms with Gasteiger partial charge in [-0.05, 0) is 37.8 Å². The Bertz CT molecular complexity index is 648. The van der Waals surface area contributed by atoms with E-state index in [1.807, 2.05) is 0 Å². The number of ether oxygens (including phenoxy) is 1. The molecular formula is C18H24N4O3. The third-order valence-electron chi connectivity index (χ3n) is 4.25. The van der Waals surface area contributed by atoms with Crippen LogP contribution in [0.4, 0.5) is 5.69 Å². The summed E-state index contributed by atoms with van der Waals surface area (Å²) < 4.78 is 4.91. The van der Waals surface area contributed by atoms with Crippen LogP contribution >= 0.6 is 0 Å². The van der Waals surface area contributed by atoms with Gasteiger partial charge in [0, 0.05) is 19.3 Å². The SMILES string of the molecule is COCCNC(=O)c1ccccc1NCC(=O)NC1(C#N)CCCC1. The summed E-state index contributed by atoms with van der Waals surface area (Å²) in [4.78, 5) is 24.4. The largest absolute Gasteiger partial charge is 0.383 e. The highest BCUT2D eigenvalue weighted by molar-refractivity contribution is 6.00. The van der Waals surface area contributed by atoms with Crippen LogP contribution in [0.25, 0.3) is 0 Å². The number of nitrogens with one attached hydrogen (secondary N) is 3. The molecule has 0 unspecified atom stereocenters. The quantitative estimate of drug-likeness (QED) is 0.619. The van der Waals surface area contributed by atoms with Crippen molar-refractivity contribution in [3.8, 4) is 6.07 Å². The molecule has 0 atom stereocenters. The minimum atomic E-state index is -0.740. The van der Waals surface area contributed by atoms with Crippen LogP contribution in [-0.2, 0) is 9.53 Å². The molecule has 1 aliphatic carbocycles. The molecule has 2 amide bonds. The summed E-state index contributed by atoms with van der Waals surface area (Å²) in [6, 6.07) is 9.22. The second-order valence-electron chi connectivity index (χ2n) is 6.10. The third kappa shape index (κ3) is 5.19. The van der Waals surface area contributed by atoms with Crippen LogP contribution in [0, 0.1) is 11.3 Å². The van der Waals surface area contributed by atoms with Crippen molar-refractivity contribution in [3.05, 3.63) is 29.8 Å². The molecule has 1 aromatic rings. The van der Waals surface area contributed by atoms with Crippen molar-refractivity contribution < 1.29 is 14.3 Å². The van der Waals surface area contributed by atoms with Crippen LogP contribution < -0.4 is 16.0 Å². The van der Waals surface area contributed by atoms with E-state index in [9.17, 15) is 14.9 Å². The van der Waals surface area contributed by atoms with Crippen molar-refractivity contribution in [2.45, 2.75) is 31.2 Å². The van der Waals surface area contributed by atoms with E-state index < -0.39 is 5.54 Å². The molecule has 1 fully saturated rings. The number of hydrogen-bond acceptors (Lipinski definition) is 5. The standard InChI is InChI=1S/C18H24N4O3/c1-25-11-10-20-17(24)14-6-2-3-7-15(14)21-12-16(23)22-18(13-19)8-4-5-9-18/h2-3,6-7,21H,4-5,8-12H2,1H3,(H,20,24)(H,22,23). The molecule has 25 heavy (non-hydrogen) atoms. The summed E-state index contributed by atoms with van der Waals surface area (Å²) in [5.41, 5.74) is 0.294. The fourth-order valence-electron chi connectivity index (χ4n) is 2.93. The summed E-state index contributed by atoms with van der Waals surface area (Å²) in [5, 5.41) is 17.9. The molecule has 0 aromatic heterocycles. The van der Waals surface area contributed by atoms with Crippen LogP contribution in [0.15, 0.2) is 24.3 Å². The number of anilines is 1. The van der Waals surface area contributed by atoms with Gasteiger partial charge in [0.25, 0.3) is 5.91 Å². The van der Waals surface area contributed by atoms with Gasteiger partial charge in [0.2, 0.25) is 5.91 Å².